The molecular weight excluding hydrogens is 444 g/mol. The standard InChI is InChI=1S/C21H22O12/c22-6-13-15(27)17(29)18(30)21(32-13)33-20-16(28)14-11(26)4-8(23)5-12(14)31-19(20)7-1-2-9(24)10(25)3-7/h1-5,13,15,17-27,29-30H,6H2/t13-,15+,17+,18-,19-,20+,21+/m1/s1. The van der Waals surface area contributed by atoms with Crippen molar-refractivity contribution >= 4 is 5.78 Å². The molecule has 7 atom stereocenters. The van der Waals surface area contributed by atoms with Crippen molar-refractivity contribution in [3.63, 3.8) is 0 Å². The third-order valence-corrected chi connectivity index (χ3v) is 5.56. The summed E-state index contributed by atoms with van der Waals surface area (Å²) in [5.74, 6) is -3.00. The number of benzene rings is 2. The molecule has 33 heavy (non-hydrogen) atoms. The van der Waals surface area contributed by atoms with Gasteiger partial charge in [-0.15, -0.1) is 0 Å². The lowest BCUT2D eigenvalue weighted by atomic mass is 9.92. The Labute approximate surface area is 186 Å². The third-order valence-electron chi connectivity index (χ3n) is 5.56. The van der Waals surface area contributed by atoms with Crippen molar-refractivity contribution in [2.75, 3.05) is 6.61 Å². The fourth-order valence-corrected chi connectivity index (χ4v) is 3.82. The summed E-state index contributed by atoms with van der Waals surface area (Å²) in [6.07, 6.45) is -11.2. The highest BCUT2D eigenvalue weighted by molar-refractivity contribution is 6.05. The van der Waals surface area contributed by atoms with Crippen molar-refractivity contribution in [3.8, 4) is 28.7 Å². The molecule has 178 valence electrons. The lowest BCUT2D eigenvalue weighted by Crippen LogP contribution is -2.60. The zero-order chi connectivity index (χ0) is 24.0. The normalized spacial score (nSPS) is 31.6. The van der Waals surface area contributed by atoms with Crippen LogP contribution < -0.4 is 4.74 Å². The average Bonchev–Trinajstić information content (AvgIpc) is 2.76. The highest BCUT2D eigenvalue weighted by Gasteiger charge is 2.49. The summed E-state index contributed by atoms with van der Waals surface area (Å²) in [5.41, 5.74) is -0.191. The Kier molecular flexibility index (Phi) is 6.05. The maximum absolute atomic E-state index is 13.3. The predicted molar refractivity (Wildman–Crippen MR) is 106 cm³/mol. The van der Waals surface area contributed by atoms with Crippen LogP contribution >= 0.6 is 0 Å². The molecule has 1 saturated heterocycles. The van der Waals surface area contributed by atoms with Gasteiger partial charge in [0.1, 0.15) is 47.2 Å². The van der Waals surface area contributed by atoms with Crippen LogP contribution in [-0.2, 0) is 9.47 Å². The molecule has 0 unspecified atom stereocenters. The second-order valence-corrected chi connectivity index (χ2v) is 7.74. The van der Waals surface area contributed by atoms with Crippen molar-refractivity contribution in [2.45, 2.75) is 42.9 Å². The van der Waals surface area contributed by atoms with Gasteiger partial charge in [0.05, 0.1) is 6.61 Å². The lowest BCUT2D eigenvalue weighted by molar-refractivity contribution is -0.311. The number of carbonyl (C=O) groups is 1. The van der Waals surface area contributed by atoms with Crippen molar-refractivity contribution in [1.82, 2.24) is 0 Å². The van der Waals surface area contributed by atoms with E-state index in [2.05, 4.69) is 0 Å². The van der Waals surface area contributed by atoms with Gasteiger partial charge in [0.25, 0.3) is 0 Å². The first-order valence-corrected chi connectivity index (χ1v) is 9.87. The van der Waals surface area contributed by atoms with Crippen LogP contribution in [0, 0.1) is 0 Å². The molecule has 0 spiro atoms. The summed E-state index contributed by atoms with van der Waals surface area (Å²) in [7, 11) is 0. The van der Waals surface area contributed by atoms with E-state index in [0.717, 1.165) is 24.3 Å². The van der Waals surface area contributed by atoms with Gasteiger partial charge in [0.2, 0.25) is 5.78 Å². The molecule has 0 aliphatic carbocycles. The average molecular weight is 466 g/mol. The van der Waals surface area contributed by atoms with Gasteiger partial charge in [0, 0.05) is 12.1 Å². The van der Waals surface area contributed by atoms with E-state index in [1.807, 2.05) is 0 Å². The summed E-state index contributed by atoms with van der Waals surface area (Å²) >= 11 is 0. The number of phenols is 4. The van der Waals surface area contributed by atoms with Crippen LogP contribution in [0.3, 0.4) is 0 Å². The maximum Gasteiger partial charge on any atom is 0.203 e. The number of hydrogen-bond donors (Lipinski definition) is 8. The molecule has 1 fully saturated rings. The first-order chi connectivity index (χ1) is 15.6. The highest BCUT2D eigenvalue weighted by Crippen LogP contribution is 2.44. The van der Waals surface area contributed by atoms with Crippen LogP contribution in [-0.4, -0.2) is 90.1 Å². The molecule has 12 heteroatoms. The Morgan fingerprint density at radius 1 is 0.879 bits per heavy atom. The van der Waals surface area contributed by atoms with E-state index in [4.69, 9.17) is 14.2 Å². The molecule has 0 saturated carbocycles. The first kappa shape index (κ1) is 23.0. The van der Waals surface area contributed by atoms with E-state index < -0.39 is 72.6 Å². The van der Waals surface area contributed by atoms with Gasteiger partial charge < -0.3 is 55.1 Å². The molecule has 2 aromatic rings. The van der Waals surface area contributed by atoms with Crippen LogP contribution in [0.4, 0.5) is 0 Å². The summed E-state index contributed by atoms with van der Waals surface area (Å²) in [4.78, 5) is 13.3. The Morgan fingerprint density at radius 3 is 2.27 bits per heavy atom. The van der Waals surface area contributed by atoms with E-state index in [9.17, 15) is 45.6 Å². The molecule has 0 aromatic heterocycles. The van der Waals surface area contributed by atoms with Gasteiger partial charge >= 0.3 is 0 Å². The Bertz CT molecular complexity index is 1050. The lowest BCUT2D eigenvalue weighted by Gasteiger charge is -2.42. The second kappa shape index (κ2) is 8.67. The molecule has 4 rings (SSSR count). The number of ketones is 1. The number of hydrogen-bond acceptors (Lipinski definition) is 12. The van der Waals surface area contributed by atoms with E-state index in [0.29, 0.717) is 0 Å². The third kappa shape index (κ3) is 4.04. The first-order valence-electron chi connectivity index (χ1n) is 9.87. The summed E-state index contributed by atoms with van der Waals surface area (Å²) in [6.45, 7) is -0.724. The van der Waals surface area contributed by atoms with Crippen LogP contribution in [0.1, 0.15) is 22.0 Å². The summed E-state index contributed by atoms with van der Waals surface area (Å²) in [6, 6.07) is 5.57. The largest absolute Gasteiger partial charge is 0.508 e. The molecule has 8 N–H and O–H groups in total. The Morgan fingerprint density at radius 2 is 1.61 bits per heavy atom. The van der Waals surface area contributed by atoms with E-state index in [1.165, 1.54) is 6.07 Å². The van der Waals surface area contributed by atoms with E-state index in [1.54, 1.807) is 0 Å². The zero-order valence-electron chi connectivity index (χ0n) is 16.8. The molecule has 2 heterocycles. The number of aliphatic hydroxyl groups excluding tert-OH is 4. The number of rotatable bonds is 4. The quantitative estimate of drug-likeness (QED) is 0.256. The minimum atomic E-state index is -1.82. The van der Waals surface area contributed by atoms with Crippen molar-refractivity contribution in [1.29, 1.82) is 0 Å². The fourth-order valence-electron chi connectivity index (χ4n) is 3.82. The molecule has 12 nitrogen and oxygen atoms in total. The Hall–Kier alpha value is -3.13. The van der Waals surface area contributed by atoms with Crippen molar-refractivity contribution in [3.05, 3.63) is 41.5 Å². The van der Waals surface area contributed by atoms with Gasteiger partial charge in [-0.25, -0.2) is 0 Å². The topological polar surface area (TPSA) is 207 Å². The van der Waals surface area contributed by atoms with Gasteiger partial charge in [-0.05, 0) is 17.7 Å². The number of aromatic hydroxyl groups is 4. The van der Waals surface area contributed by atoms with Gasteiger partial charge in [0.15, 0.2) is 30.0 Å². The highest BCUT2D eigenvalue weighted by atomic mass is 16.7. The number of phenolic OH excluding ortho intramolecular Hbond substituents is 4. The maximum atomic E-state index is 13.3. The second-order valence-electron chi connectivity index (χ2n) is 7.74. The van der Waals surface area contributed by atoms with E-state index in [-0.39, 0.29) is 22.6 Å². The molecule has 2 aliphatic rings. The number of carbonyl (C=O) groups excluding carboxylic acids is 1. The number of fused-ring (bicyclic) bond motifs is 1. The van der Waals surface area contributed by atoms with Crippen LogP contribution in [0.15, 0.2) is 30.3 Å². The predicted octanol–water partition coefficient (Wildman–Crippen LogP) is -0.990. The van der Waals surface area contributed by atoms with Gasteiger partial charge in [-0.3, -0.25) is 4.79 Å². The monoisotopic (exact) mass is 466 g/mol. The van der Waals surface area contributed by atoms with Crippen LogP contribution in [0.25, 0.3) is 0 Å². The van der Waals surface area contributed by atoms with Crippen LogP contribution in [0.5, 0.6) is 28.7 Å². The number of ether oxygens (including phenoxy) is 3. The van der Waals surface area contributed by atoms with E-state index >= 15 is 0 Å². The zero-order valence-corrected chi connectivity index (χ0v) is 16.8. The number of Topliss-reactive ketones (excluding diaryl/α,β-unsaturated/α-hetero) is 1. The van der Waals surface area contributed by atoms with Crippen molar-refractivity contribution in [2.24, 2.45) is 0 Å². The molecule has 0 amide bonds. The minimum absolute atomic E-state index is 0.140. The number of aliphatic hydroxyl groups is 4. The fraction of sp³-hybridized carbons (Fsp3) is 0.381. The molecular formula is C21H22O12. The smallest absolute Gasteiger partial charge is 0.203 e. The SMILES string of the molecule is O=C1c2c(O)cc(O)cc2O[C@H](c2ccc(O)c(O)c2)[C@H]1O[C@@H]1O[C@H](CO)[C@H](O)[C@H](O)[C@H]1O. The molecule has 0 radical (unpaired) electrons. The minimum Gasteiger partial charge on any atom is -0.508 e. The molecule has 2 aliphatic heterocycles. The van der Waals surface area contributed by atoms with Gasteiger partial charge in [-0.2, -0.15) is 0 Å². The molecule has 2 aromatic carbocycles. The Balaban J connectivity index is 1.75. The van der Waals surface area contributed by atoms with Crippen LogP contribution in [0.2, 0.25) is 0 Å². The summed E-state index contributed by atoms with van der Waals surface area (Å²) in [5, 5.41) is 79.2. The van der Waals surface area contributed by atoms with Crippen molar-refractivity contribution < 1.29 is 59.9 Å². The molecule has 0 bridgehead atoms. The summed E-state index contributed by atoms with van der Waals surface area (Å²) < 4.78 is 16.7. The van der Waals surface area contributed by atoms with Gasteiger partial charge in [-0.1, -0.05) is 6.07 Å².